The molecule has 0 atom stereocenters. The van der Waals surface area contributed by atoms with Crippen LogP contribution in [-0.4, -0.2) is 29.2 Å². The minimum atomic E-state index is -0.555. The number of fused-ring (bicyclic) bond motifs is 1. The first kappa shape index (κ1) is 17.6. The van der Waals surface area contributed by atoms with Gasteiger partial charge in [-0.2, -0.15) is 4.98 Å². The molecule has 7 nitrogen and oxygen atoms in total. The lowest BCUT2D eigenvalue weighted by Gasteiger charge is -2.11. The minimum absolute atomic E-state index is 0.0678. The number of ether oxygens (including phenoxy) is 2. The number of aromatic nitrogens is 3. The van der Waals surface area contributed by atoms with Crippen LogP contribution < -0.4 is 20.1 Å². The van der Waals surface area contributed by atoms with Gasteiger partial charge < -0.3 is 25.1 Å². The smallest absolute Gasteiger partial charge is 0.229 e. The van der Waals surface area contributed by atoms with Gasteiger partial charge in [0, 0.05) is 41.3 Å². The zero-order chi connectivity index (χ0) is 19.5. The second kappa shape index (κ2) is 7.43. The summed E-state index contributed by atoms with van der Waals surface area (Å²) in [7, 11) is 3.13. The normalized spacial score (nSPS) is 10.7. The fourth-order valence-electron chi connectivity index (χ4n) is 2.79. The molecule has 0 aliphatic rings. The molecule has 0 unspecified atom stereocenters. The summed E-state index contributed by atoms with van der Waals surface area (Å²) in [4.78, 5) is 11.4. The number of benzene rings is 2. The van der Waals surface area contributed by atoms with E-state index in [-0.39, 0.29) is 11.8 Å². The van der Waals surface area contributed by atoms with E-state index in [1.807, 2.05) is 30.5 Å². The number of anilines is 4. The lowest BCUT2D eigenvalue weighted by Crippen LogP contribution is -2.03. The van der Waals surface area contributed by atoms with Crippen LogP contribution in [0.25, 0.3) is 10.9 Å². The van der Waals surface area contributed by atoms with E-state index < -0.39 is 5.82 Å². The third-order valence-corrected chi connectivity index (χ3v) is 4.17. The van der Waals surface area contributed by atoms with E-state index in [4.69, 9.17) is 9.47 Å². The zero-order valence-electron chi connectivity index (χ0n) is 15.3. The summed E-state index contributed by atoms with van der Waals surface area (Å²) in [5.74, 6) is 0.974. The fraction of sp³-hybridized carbons (Fsp3) is 0.100. The average molecular weight is 379 g/mol. The molecule has 0 aliphatic heterocycles. The highest BCUT2D eigenvalue weighted by Gasteiger charge is 2.10. The number of methoxy groups -OCH3 is 2. The Hall–Kier alpha value is -3.81. The van der Waals surface area contributed by atoms with E-state index in [1.54, 1.807) is 32.4 Å². The summed E-state index contributed by atoms with van der Waals surface area (Å²) in [6.45, 7) is 0. The predicted octanol–water partition coefficient (Wildman–Crippen LogP) is 4.60. The first-order valence-corrected chi connectivity index (χ1v) is 8.51. The molecule has 4 aromatic rings. The van der Waals surface area contributed by atoms with Crippen molar-refractivity contribution in [3.63, 3.8) is 0 Å². The number of nitrogens with zero attached hydrogens (tertiary/aromatic N) is 2. The second-order valence-corrected chi connectivity index (χ2v) is 6.02. The number of H-pyrrole nitrogens is 1. The molecule has 3 N–H and O–H groups in total. The first-order chi connectivity index (χ1) is 13.6. The van der Waals surface area contributed by atoms with Crippen molar-refractivity contribution in [3.8, 4) is 11.5 Å². The lowest BCUT2D eigenvalue weighted by molar-refractivity contribution is 0.395. The predicted molar refractivity (Wildman–Crippen MR) is 106 cm³/mol. The van der Waals surface area contributed by atoms with Crippen molar-refractivity contribution in [2.24, 2.45) is 0 Å². The minimum Gasteiger partial charge on any atom is -0.497 e. The summed E-state index contributed by atoms with van der Waals surface area (Å²) in [5, 5.41) is 7.10. The van der Waals surface area contributed by atoms with Gasteiger partial charge in [0.1, 0.15) is 11.5 Å². The molecule has 142 valence electrons. The number of hydrogen-bond acceptors (Lipinski definition) is 6. The van der Waals surface area contributed by atoms with Crippen LogP contribution in [-0.2, 0) is 0 Å². The Kier molecular flexibility index (Phi) is 4.67. The highest BCUT2D eigenvalue weighted by atomic mass is 19.1. The molecule has 2 aromatic heterocycles. The van der Waals surface area contributed by atoms with Crippen molar-refractivity contribution in [2.45, 2.75) is 0 Å². The summed E-state index contributed by atoms with van der Waals surface area (Å²) in [6.07, 6.45) is 2.96. The molecule has 0 saturated heterocycles. The molecule has 0 saturated carbocycles. The summed E-state index contributed by atoms with van der Waals surface area (Å²) in [5.41, 5.74) is 2.31. The quantitative estimate of drug-likeness (QED) is 0.454. The molecule has 2 aromatic carbocycles. The molecular weight excluding hydrogens is 361 g/mol. The summed E-state index contributed by atoms with van der Waals surface area (Å²) in [6, 6.07) is 12.9. The van der Waals surface area contributed by atoms with Gasteiger partial charge in [-0.3, -0.25) is 0 Å². The Morgan fingerprint density at radius 1 is 0.929 bits per heavy atom. The molecule has 8 heteroatoms. The first-order valence-electron chi connectivity index (χ1n) is 8.51. The zero-order valence-corrected chi connectivity index (χ0v) is 15.3. The van der Waals surface area contributed by atoms with Gasteiger partial charge in [-0.05, 0) is 23.6 Å². The SMILES string of the molecule is COc1cc(Nc2ncc(F)c(Nc3ccc4cc[nH]c4c3)n2)cc(OC)c1. The maximum atomic E-state index is 14.2. The van der Waals surface area contributed by atoms with Gasteiger partial charge in [0.2, 0.25) is 5.95 Å². The second-order valence-electron chi connectivity index (χ2n) is 6.02. The highest BCUT2D eigenvalue weighted by molar-refractivity contribution is 5.83. The van der Waals surface area contributed by atoms with E-state index in [0.29, 0.717) is 22.9 Å². The average Bonchev–Trinajstić information content (AvgIpc) is 3.18. The van der Waals surface area contributed by atoms with E-state index in [1.165, 1.54) is 0 Å². The van der Waals surface area contributed by atoms with Gasteiger partial charge in [0.05, 0.1) is 20.4 Å². The van der Waals surface area contributed by atoms with Crippen LogP contribution >= 0.6 is 0 Å². The van der Waals surface area contributed by atoms with E-state index in [9.17, 15) is 4.39 Å². The van der Waals surface area contributed by atoms with E-state index >= 15 is 0 Å². The molecular formula is C20H18FN5O2. The van der Waals surface area contributed by atoms with E-state index in [0.717, 1.165) is 17.1 Å². The van der Waals surface area contributed by atoms with Gasteiger partial charge in [-0.25, -0.2) is 9.37 Å². The monoisotopic (exact) mass is 379 g/mol. The van der Waals surface area contributed by atoms with Crippen LogP contribution in [0, 0.1) is 5.82 Å². The van der Waals surface area contributed by atoms with Crippen molar-refractivity contribution < 1.29 is 13.9 Å². The van der Waals surface area contributed by atoms with E-state index in [2.05, 4.69) is 25.6 Å². The maximum Gasteiger partial charge on any atom is 0.229 e. The molecule has 0 aliphatic carbocycles. The van der Waals surface area contributed by atoms with Crippen LogP contribution in [0.1, 0.15) is 0 Å². The Morgan fingerprint density at radius 2 is 1.71 bits per heavy atom. The standard InChI is InChI=1S/C20H18FN5O2/c1-27-15-7-14(8-16(10-15)28-2)25-20-23-11-17(21)19(26-20)24-13-4-3-12-5-6-22-18(12)9-13/h3-11,22H,1-2H3,(H2,23,24,25,26). The van der Waals surface area contributed by atoms with Crippen LogP contribution in [0.4, 0.5) is 27.5 Å². The van der Waals surface area contributed by atoms with Crippen molar-refractivity contribution >= 4 is 34.0 Å². The third kappa shape index (κ3) is 3.66. The van der Waals surface area contributed by atoms with Crippen LogP contribution in [0.2, 0.25) is 0 Å². The highest BCUT2D eigenvalue weighted by Crippen LogP contribution is 2.28. The summed E-state index contributed by atoms with van der Waals surface area (Å²) < 4.78 is 24.7. The molecule has 2 heterocycles. The van der Waals surface area contributed by atoms with Crippen LogP contribution in [0.15, 0.2) is 54.9 Å². The number of hydrogen-bond donors (Lipinski definition) is 3. The van der Waals surface area contributed by atoms with Crippen LogP contribution in [0.3, 0.4) is 0 Å². The number of aromatic amines is 1. The number of nitrogens with one attached hydrogen (secondary N) is 3. The van der Waals surface area contributed by atoms with Gasteiger partial charge in [-0.15, -0.1) is 0 Å². The molecule has 28 heavy (non-hydrogen) atoms. The van der Waals surface area contributed by atoms with Crippen molar-refractivity contribution in [3.05, 3.63) is 60.7 Å². The van der Waals surface area contributed by atoms with Gasteiger partial charge in [0.15, 0.2) is 11.6 Å². The number of rotatable bonds is 6. The van der Waals surface area contributed by atoms with Gasteiger partial charge >= 0.3 is 0 Å². The van der Waals surface area contributed by atoms with Gasteiger partial charge in [0.25, 0.3) is 0 Å². The molecule has 0 spiro atoms. The molecule has 0 fully saturated rings. The van der Waals surface area contributed by atoms with Gasteiger partial charge in [-0.1, -0.05) is 6.07 Å². The number of halogens is 1. The largest absolute Gasteiger partial charge is 0.497 e. The fourth-order valence-corrected chi connectivity index (χ4v) is 2.79. The molecule has 0 radical (unpaired) electrons. The molecule has 0 amide bonds. The third-order valence-electron chi connectivity index (χ3n) is 4.17. The Morgan fingerprint density at radius 3 is 2.46 bits per heavy atom. The topological polar surface area (TPSA) is 84.1 Å². The maximum absolute atomic E-state index is 14.2. The summed E-state index contributed by atoms with van der Waals surface area (Å²) >= 11 is 0. The van der Waals surface area contributed by atoms with Crippen molar-refractivity contribution in [2.75, 3.05) is 24.9 Å². The van der Waals surface area contributed by atoms with Crippen LogP contribution in [0.5, 0.6) is 11.5 Å². The molecule has 4 rings (SSSR count). The van der Waals surface area contributed by atoms with Crippen molar-refractivity contribution in [1.82, 2.24) is 15.0 Å². The Balaban J connectivity index is 1.60. The molecule has 0 bridgehead atoms. The Bertz CT molecular complexity index is 1110. The lowest BCUT2D eigenvalue weighted by atomic mass is 10.2. The Labute approximate surface area is 160 Å². The van der Waals surface area contributed by atoms with Crippen molar-refractivity contribution in [1.29, 1.82) is 0 Å².